The van der Waals surface area contributed by atoms with Crippen LogP contribution in [0.1, 0.15) is 12.0 Å². The molecule has 0 unspecified atom stereocenters. The number of halogens is 1. The lowest BCUT2D eigenvalue weighted by molar-refractivity contribution is -0.141. The summed E-state index contributed by atoms with van der Waals surface area (Å²) in [4.78, 5) is 20.0. The second-order valence-electron chi connectivity index (χ2n) is 4.96. The highest BCUT2D eigenvalue weighted by Gasteiger charge is 2.17. The summed E-state index contributed by atoms with van der Waals surface area (Å²) in [5, 5.41) is 0. The fourth-order valence-electron chi connectivity index (χ4n) is 2.32. The number of rotatable bonds is 5. The molecule has 0 aliphatic carbocycles. The second-order valence-corrected chi connectivity index (χ2v) is 5.87. The van der Waals surface area contributed by atoms with Crippen LogP contribution in [0.4, 0.5) is 0 Å². The third kappa shape index (κ3) is 4.85. The van der Waals surface area contributed by atoms with Crippen LogP contribution in [0.15, 0.2) is 22.9 Å². The van der Waals surface area contributed by atoms with Crippen molar-refractivity contribution in [2.75, 3.05) is 39.8 Å². The molecule has 2 heterocycles. The number of hydrogen-bond acceptors (Lipinski definition) is 5. The largest absolute Gasteiger partial charge is 0.469 e. The average molecular weight is 342 g/mol. The number of aromatic nitrogens is 1. The molecule has 0 spiro atoms. The van der Waals surface area contributed by atoms with Crippen LogP contribution in [0, 0.1) is 0 Å². The average Bonchev–Trinajstić information content (AvgIpc) is 2.46. The first-order valence-corrected chi connectivity index (χ1v) is 7.57. The molecule has 1 aromatic rings. The molecule has 1 saturated heterocycles. The first-order chi connectivity index (χ1) is 9.67. The summed E-state index contributed by atoms with van der Waals surface area (Å²) in [6.07, 6.45) is 4.19. The lowest BCUT2D eigenvalue weighted by atomic mass is 10.2. The van der Waals surface area contributed by atoms with Crippen molar-refractivity contribution in [1.29, 1.82) is 0 Å². The number of piperazine rings is 1. The smallest absolute Gasteiger partial charge is 0.306 e. The van der Waals surface area contributed by atoms with Crippen molar-refractivity contribution < 1.29 is 9.53 Å². The molecule has 1 aliphatic rings. The predicted octanol–water partition coefficient (Wildman–Crippen LogP) is 1.52. The molecule has 0 radical (unpaired) electrons. The van der Waals surface area contributed by atoms with Crippen molar-refractivity contribution in [1.82, 2.24) is 14.8 Å². The molecule has 1 fully saturated rings. The highest BCUT2D eigenvalue weighted by molar-refractivity contribution is 9.10. The molecule has 0 bridgehead atoms. The van der Waals surface area contributed by atoms with Gasteiger partial charge in [0.15, 0.2) is 0 Å². The van der Waals surface area contributed by atoms with Crippen LogP contribution in [-0.4, -0.2) is 60.6 Å². The standard InChI is InChI=1S/C14H20BrN3O2/c1-20-14(19)2-3-17-4-6-18(7-5-17)11-12-8-13(15)10-16-9-12/h8-10H,2-7,11H2,1H3. The minimum atomic E-state index is -0.132. The Morgan fingerprint density at radius 2 is 2.00 bits per heavy atom. The molecule has 0 saturated carbocycles. The summed E-state index contributed by atoms with van der Waals surface area (Å²) >= 11 is 3.44. The van der Waals surface area contributed by atoms with E-state index in [1.165, 1.54) is 12.7 Å². The van der Waals surface area contributed by atoms with Gasteiger partial charge in [-0.2, -0.15) is 0 Å². The molecule has 2 rings (SSSR count). The minimum Gasteiger partial charge on any atom is -0.469 e. The summed E-state index contributed by atoms with van der Waals surface area (Å²) < 4.78 is 5.69. The predicted molar refractivity (Wildman–Crippen MR) is 80.3 cm³/mol. The van der Waals surface area contributed by atoms with E-state index < -0.39 is 0 Å². The number of pyridine rings is 1. The number of methoxy groups -OCH3 is 1. The van der Waals surface area contributed by atoms with Gasteiger partial charge in [0.25, 0.3) is 0 Å². The van der Waals surface area contributed by atoms with Crippen LogP contribution in [0.3, 0.4) is 0 Å². The van der Waals surface area contributed by atoms with E-state index in [1.807, 2.05) is 6.20 Å². The zero-order valence-electron chi connectivity index (χ0n) is 11.7. The van der Waals surface area contributed by atoms with Crippen molar-refractivity contribution >= 4 is 21.9 Å². The fourth-order valence-corrected chi connectivity index (χ4v) is 2.74. The fraction of sp³-hybridized carbons (Fsp3) is 0.571. The molecular weight excluding hydrogens is 322 g/mol. The Balaban J connectivity index is 1.73. The van der Waals surface area contributed by atoms with Gasteiger partial charge in [-0.25, -0.2) is 0 Å². The molecule has 1 aromatic heterocycles. The van der Waals surface area contributed by atoms with E-state index in [0.717, 1.165) is 43.7 Å². The van der Waals surface area contributed by atoms with E-state index in [9.17, 15) is 4.79 Å². The number of nitrogens with zero attached hydrogens (tertiary/aromatic N) is 3. The monoisotopic (exact) mass is 341 g/mol. The van der Waals surface area contributed by atoms with Crippen molar-refractivity contribution in [2.45, 2.75) is 13.0 Å². The third-order valence-corrected chi connectivity index (χ3v) is 3.93. The van der Waals surface area contributed by atoms with Crippen LogP contribution >= 0.6 is 15.9 Å². The van der Waals surface area contributed by atoms with E-state index in [0.29, 0.717) is 6.42 Å². The van der Waals surface area contributed by atoms with Crippen molar-refractivity contribution in [3.63, 3.8) is 0 Å². The van der Waals surface area contributed by atoms with E-state index in [4.69, 9.17) is 0 Å². The van der Waals surface area contributed by atoms with E-state index >= 15 is 0 Å². The van der Waals surface area contributed by atoms with Crippen LogP contribution < -0.4 is 0 Å². The first-order valence-electron chi connectivity index (χ1n) is 6.78. The number of hydrogen-bond donors (Lipinski definition) is 0. The number of carbonyl (C=O) groups excluding carboxylic acids is 1. The molecule has 0 atom stereocenters. The SMILES string of the molecule is COC(=O)CCN1CCN(Cc2cncc(Br)c2)CC1. The van der Waals surface area contributed by atoms with Gasteiger partial charge < -0.3 is 9.64 Å². The zero-order valence-corrected chi connectivity index (χ0v) is 13.3. The topological polar surface area (TPSA) is 45.7 Å². The summed E-state index contributed by atoms with van der Waals surface area (Å²) in [5.41, 5.74) is 1.22. The maximum atomic E-state index is 11.1. The molecular formula is C14H20BrN3O2. The minimum absolute atomic E-state index is 0.132. The van der Waals surface area contributed by atoms with Gasteiger partial charge in [-0.3, -0.25) is 14.7 Å². The maximum absolute atomic E-state index is 11.1. The van der Waals surface area contributed by atoms with E-state index in [1.54, 1.807) is 6.20 Å². The Bertz CT molecular complexity index is 448. The molecule has 0 amide bonds. The van der Waals surface area contributed by atoms with Gasteiger partial charge in [0.05, 0.1) is 13.5 Å². The van der Waals surface area contributed by atoms with Gasteiger partial charge in [0, 0.05) is 56.1 Å². The first kappa shape index (κ1) is 15.4. The van der Waals surface area contributed by atoms with Crippen LogP contribution in [-0.2, 0) is 16.1 Å². The Morgan fingerprint density at radius 1 is 1.30 bits per heavy atom. The van der Waals surface area contributed by atoms with Gasteiger partial charge in [0.1, 0.15) is 0 Å². The number of ether oxygens (including phenoxy) is 1. The molecule has 0 aromatic carbocycles. The van der Waals surface area contributed by atoms with Gasteiger partial charge in [-0.1, -0.05) is 0 Å². The van der Waals surface area contributed by atoms with Crippen molar-refractivity contribution in [2.24, 2.45) is 0 Å². The number of carbonyl (C=O) groups is 1. The van der Waals surface area contributed by atoms with Gasteiger partial charge in [-0.05, 0) is 27.6 Å². The molecule has 1 aliphatic heterocycles. The summed E-state index contributed by atoms with van der Waals surface area (Å²) in [6.45, 7) is 5.76. The molecule has 20 heavy (non-hydrogen) atoms. The zero-order chi connectivity index (χ0) is 14.4. The Labute approximate surface area is 128 Å². The summed E-state index contributed by atoms with van der Waals surface area (Å²) in [5.74, 6) is -0.132. The van der Waals surface area contributed by atoms with Crippen LogP contribution in [0.5, 0.6) is 0 Å². The van der Waals surface area contributed by atoms with Crippen molar-refractivity contribution in [3.8, 4) is 0 Å². The third-order valence-electron chi connectivity index (χ3n) is 3.49. The molecule has 5 nitrogen and oxygen atoms in total. The quantitative estimate of drug-likeness (QED) is 0.760. The Hall–Kier alpha value is -0.980. The molecule has 0 N–H and O–H groups in total. The normalized spacial score (nSPS) is 17.1. The Morgan fingerprint density at radius 3 is 2.65 bits per heavy atom. The molecule has 6 heteroatoms. The molecule has 110 valence electrons. The van der Waals surface area contributed by atoms with Gasteiger partial charge in [-0.15, -0.1) is 0 Å². The highest BCUT2D eigenvalue weighted by Crippen LogP contribution is 2.13. The highest BCUT2D eigenvalue weighted by atomic mass is 79.9. The van der Waals surface area contributed by atoms with Gasteiger partial charge >= 0.3 is 5.97 Å². The lowest BCUT2D eigenvalue weighted by Gasteiger charge is -2.34. The lowest BCUT2D eigenvalue weighted by Crippen LogP contribution is -2.46. The maximum Gasteiger partial charge on any atom is 0.306 e. The van der Waals surface area contributed by atoms with Crippen LogP contribution in [0.25, 0.3) is 0 Å². The Kier molecular flexibility index (Phi) is 5.94. The van der Waals surface area contributed by atoms with E-state index in [2.05, 4.69) is 41.5 Å². The number of esters is 1. The van der Waals surface area contributed by atoms with Crippen LogP contribution in [0.2, 0.25) is 0 Å². The second kappa shape index (κ2) is 7.71. The van der Waals surface area contributed by atoms with Crippen molar-refractivity contribution in [3.05, 3.63) is 28.5 Å². The summed E-state index contributed by atoms with van der Waals surface area (Å²) in [6, 6.07) is 2.11. The van der Waals surface area contributed by atoms with Gasteiger partial charge in [0.2, 0.25) is 0 Å². The summed E-state index contributed by atoms with van der Waals surface area (Å²) in [7, 11) is 1.44. The van der Waals surface area contributed by atoms with E-state index in [-0.39, 0.29) is 5.97 Å².